The molecule has 7 heteroatoms. The number of hydrogen-bond acceptors (Lipinski definition) is 4. The lowest BCUT2D eigenvalue weighted by molar-refractivity contribution is -0.384. The fraction of sp³-hybridized carbons (Fsp3) is 0.462. The number of nitro groups is 1. The van der Waals surface area contributed by atoms with Crippen LogP contribution in [0.5, 0.6) is 0 Å². The lowest BCUT2D eigenvalue weighted by Crippen LogP contribution is -2.55. The predicted molar refractivity (Wildman–Crippen MR) is 78.0 cm³/mol. The molecule has 0 radical (unpaired) electrons. The van der Waals surface area contributed by atoms with Crippen LogP contribution in [0.1, 0.15) is 26.2 Å². The minimum Gasteiger partial charge on any atom is -0.480 e. The zero-order valence-electron chi connectivity index (χ0n) is 11.0. The van der Waals surface area contributed by atoms with Crippen molar-refractivity contribution >= 4 is 33.3 Å². The smallest absolute Gasteiger partial charge is 0.329 e. The Labute approximate surface area is 124 Å². The Bertz CT molecular complexity index is 563. The van der Waals surface area contributed by atoms with E-state index in [2.05, 4.69) is 15.9 Å². The molecule has 1 fully saturated rings. The highest BCUT2D eigenvalue weighted by Crippen LogP contribution is 2.39. The minimum atomic E-state index is -1.11. The van der Waals surface area contributed by atoms with E-state index >= 15 is 0 Å². The zero-order chi connectivity index (χ0) is 14.9. The summed E-state index contributed by atoms with van der Waals surface area (Å²) in [6.45, 7) is 2.12. The standard InChI is InChI=1S/C13H15BrN2O4/c1-13(12(17)18)6-2-3-7-15(13)11-8-9(14)4-5-10(11)16(19)20/h4-5,8H,2-3,6-7H2,1H3,(H,17,18). The van der Waals surface area contributed by atoms with E-state index in [0.717, 1.165) is 12.8 Å². The third kappa shape index (κ3) is 2.49. The Kier molecular flexibility index (Phi) is 3.99. The molecule has 108 valence electrons. The number of nitro benzene ring substituents is 1. The Morgan fingerprint density at radius 3 is 2.80 bits per heavy atom. The van der Waals surface area contributed by atoms with E-state index in [4.69, 9.17) is 0 Å². The van der Waals surface area contributed by atoms with Crippen LogP contribution in [0.25, 0.3) is 0 Å². The first-order valence-electron chi connectivity index (χ1n) is 6.31. The molecule has 0 saturated carbocycles. The van der Waals surface area contributed by atoms with Crippen molar-refractivity contribution in [3.63, 3.8) is 0 Å². The molecule has 1 N–H and O–H groups in total. The summed E-state index contributed by atoms with van der Waals surface area (Å²) in [5.74, 6) is -0.952. The van der Waals surface area contributed by atoms with Gasteiger partial charge in [0.1, 0.15) is 11.2 Å². The first kappa shape index (κ1) is 14.8. The van der Waals surface area contributed by atoms with Crippen LogP contribution < -0.4 is 4.90 Å². The summed E-state index contributed by atoms with van der Waals surface area (Å²) in [5.41, 5.74) is -0.819. The summed E-state index contributed by atoms with van der Waals surface area (Å²) in [4.78, 5) is 23.9. The fourth-order valence-electron chi connectivity index (χ4n) is 2.60. The van der Waals surface area contributed by atoms with Crippen molar-refractivity contribution in [3.8, 4) is 0 Å². The first-order chi connectivity index (χ1) is 9.36. The highest BCUT2D eigenvalue weighted by atomic mass is 79.9. The third-order valence-corrected chi connectivity index (χ3v) is 4.27. The van der Waals surface area contributed by atoms with E-state index < -0.39 is 16.4 Å². The average molecular weight is 343 g/mol. The van der Waals surface area contributed by atoms with E-state index in [-0.39, 0.29) is 5.69 Å². The second-order valence-corrected chi connectivity index (χ2v) is 5.99. The Morgan fingerprint density at radius 1 is 1.50 bits per heavy atom. The Morgan fingerprint density at radius 2 is 2.20 bits per heavy atom. The summed E-state index contributed by atoms with van der Waals surface area (Å²) >= 11 is 3.29. The molecule has 2 rings (SSSR count). The number of carboxylic acids is 1. The van der Waals surface area contributed by atoms with Crippen molar-refractivity contribution in [1.29, 1.82) is 0 Å². The third-order valence-electron chi connectivity index (χ3n) is 3.78. The number of piperidine rings is 1. The molecule has 0 aromatic heterocycles. The van der Waals surface area contributed by atoms with Crippen LogP contribution in [-0.2, 0) is 4.79 Å². The summed E-state index contributed by atoms with van der Waals surface area (Å²) in [6, 6.07) is 4.60. The molecular formula is C13H15BrN2O4. The van der Waals surface area contributed by atoms with E-state index in [1.54, 1.807) is 24.0 Å². The summed E-state index contributed by atoms with van der Waals surface area (Å²) < 4.78 is 0.691. The Balaban J connectivity index is 2.55. The molecule has 1 aromatic carbocycles. The molecular weight excluding hydrogens is 328 g/mol. The number of carboxylic acid groups (broad SMARTS) is 1. The number of halogens is 1. The first-order valence-corrected chi connectivity index (χ1v) is 7.10. The monoisotopic (exact) mass is 342 g/mol. The number of rotatable bonds is 3. The summed E-state index contributed by atoms with van der Waals surface area (Å²) in [6.07, 6.45) is 2.11. The van der Waals surface area contributed by atoms with Gasteiger partial charge in [0, 0.05) is 17.1 Å². The van der Waals surface area contributed by atoms with Crippen molar-refractivity contribution in [2.75, 3.05) is 11.4 Å². The molecule has 1 atom stereocenters. The number of benzene rings is 1. The largest absolute Gasteiger partial charge is 0.480 e. The van der Waals surface area contributed by atoms with Crippen molar-refractivity contribution in [2.24, 2.45) is 0 Å². The maximum absolute atomic E-state index is 11.6. The van der Waals surface area contributed by atoms with Gasteiger partial charge in [-0.25, -0.2) is 4.79 Å². The van der Waals surface area contributed by atoms with Gasteiger partial charge in [0.05, 0.1) is 4.92 Å². The molecule has 0 aliphatic carbocycles. The quantitative estimate of drug-likeness (QED) is 0.673. The maximum Gasteiger partial charge on any atom is 0.329 e. The van der Waals surface area contributed by atoms with Crippen LogP contribution >= 0.6 is 15.9 Å². The highest BCUT2D eigenvalue weighted by molar-refractivity contribution is 9.10. The second-order valence-electron chi connectivity index (χ2n) is 5.08. The van der Waals surface area contributed by atoms with Crippen molar-refractivity contribution in [3.05, 3.63) is 32.8 Å². The molecule has 1 unspecified atom stereocenters. The second kappa shape index (κ2) is 5.40. The van der Waals surface area contributed by atoms with Crippen LogP contribution in [0.4, 0.5) is 11.4 Å². The Hall–Kier alpha value is -1.63. The van der Waals surface area contributed by atoms with E-state index in [0.29, 0.717) is 23.1 Å². The topological polar surface area (TPSA) is 83.7 Å². The molecule has 1 heterocycles. The molecule has 20 heavy (non-hydrogen) atoms. The number of carbonyl (C=O) groups is 1. The lowest BCUT2D eigenvalue weighted by Gasteiger charge is -2.42. The van der Waals surface area contributed by atoms with Crippen LogP contribution in [0.2, 0.25) is 0 Å². The van der Waals surface area contributed by atoms with Gasteiger partial charge < -0.3 is 10.0 Å². The summed E-state index contributed by atoms with van der Waals surface area (Å²) in [7, 11) is 0. The van der Waals surface area contributed by atoms with Crippen LogP contribution in [0, 0.1) is 10.1 Å². The molecule has 1 aliphatic heterocycles. The molecule has 1 aliphatic rings. The SMILES string of the molecule is CC1(C(=O)O)CCCCN1c1cc(Br)ccc1[N+](=O)[O-]. The van der Waals surface area contributed by atoms with Gasteiger partial charge in [0.2, 0.25) is 0 Å². The normalized spacial score (nSPS) is 22.6. The predicted octanol–water partition coefficient (Wildman–Crippen LogP) is 3.19. The van der Waals surface area contributed by atoms with Gasteiger partial charge >= 0.3 is 5.97 Å². The van der Waals surface area contributed by atoms with Gasteiger partial charge in [0.25, 0.3) is 5.69 Å². The number of anilines is 1. The van der Waals surface area contributed by atoms with Gasteiger partial charge in [-0.2, -0.15) is 0 Å². The molecule has 1 saturated heterocycles. The highest BCUT2D eigenvalue weighted by Gasteiger charge is 2.43. The van der Waals surface area contributed by atoms with Gasteiger partial charge in [-0.15, -0.1) is 0 Å². The summed E-state index contributed by atoms with van der Waals surface area (Å²) in [5, 5.41) is 20.7. The van der Waals surface area contributed by atoms with Gasteiger partial charge in [0.15, 0.2) is 0 Å². The van der Waals surface area contributed by atoms with Crippen molar-refractivity contribution in [1.82, 2.24) is 0 Å². The average Bonchev–Trinajstić information content (AvgIpc) is 2.38. The van der Waals surface area contributed by atoms with Gasteiger partial charge in [-0.3, -0.25) is 10.1 Å². The number of hydrogen-bond donors (Lipinski definition) is 1. The van der Waals surface area contributed by atoms with Crippen molar-refractivity contribution < 1.29 is 14.8 Å². The van der Waals surface area contributed by atoms with Crippen molar-refractivity contribution in [2.45, 2.75) is 31.7 Å². The molecule has 0 amide bonds. The van der Waals surface area contributed by atoms with E-state index in [9.17, 15) is 20.0 Å². The van der Waals surface area contributed by atoms with Gasteiger partial charge in [-0.1, -0.05) is 15.9 Å². The molecule has 0 spiro atoms. The molecule has 1 aromatic rings. The number of aliphatic carboxylic acids is 1. The van der Waals surface area contributed by atoms with Crippen LogP contribution in [0.15, 0.2) is 22.7 Å². The zero-order valence-corrected chi connectivity index (χ0v) is 12.6. The number of nitrogens with zero attached hydrogens (tertiary/aromatic N) is 2. The molecule has 0 bridgehead atoms. The van der Waals surface area contributed by atoms with Gasteiger partial charge in [-0.05, 0) is 38.3 Å². The van der Waals surface area contributed by atoms with Crippen LogP contribution in [0.3, 0.4) is 0 Å². The minimum absolute atomic E-state index is 0.0671. The van der Waals surface area contributed by atoms with Crippen LogP contribution in [-0.4, -0.2) is 28.1 Å². The molecule has 6 nitrogen and oxygen atoms in total. The lowest BCUT2D eigenvalue weighted by atomic mass is 9.87. The fourth-order valence-corrected chi connectivity index (χ4v) is 2.95. The van der Waals surface area contributed by atoms with E-state index in [1.165, 1.54) is 6.07 Å². The van der Waals surface area contributed by atoms with E-state index in [1.807, 2.05) is 0 Å². The maximum atomic E-state index is 11.6.